The van der Waals surface area contributed by atoms with Gasteiger partial charge in [0.1, 0.15) is 17.1 Å². The number of aliphatic hydroxyl groups is 1. The van der Waals surface area contributed by atoms with Crippen LogP contribution in [-0.4, -0.2) is 54.0 Å². The zero-order valence-electron chi connectivity index (χ0n) is 15.2. The van der Waals surface area contributed by atoms with Gasteiger partial charge in [-0.05, 0) is 31.7 Å². The number of carbonyl (C=O) groups is 1. The van der Waals surface area contributed by atoms with Crippen molar-refractivity contribution >= 4 is 5.91 Å². The SMILES string of the molecule is CCC1(O)c2ccccc2Oc2cc(C(=O)N3CCN(C)CC3)ccc21. The predicted octanol–water partition coefficient (Wildman–Crippen LogP) is 2.83. The molecule has 5 nitrogen and oxygen atoms in total. The van der Waals surface area contributed by atoms with E-state index in [0.29, 0.717) is 29.0 Å². The van der Waals surface area contributed by atoms with Crippen LogP contribution >= 0.6 is 0 Å². The predicted molar refractivity (Wildman–Crippen MR) is 99.6 cm³/mol. The fraction of sp³-hybridized carbons (Fsp3) is 0.381. The van der Waals surface area contributed by atoms with Crippen LogP contribution in [0.25, 0.3) is 0 Å². The summed E-state index contributed by atoms with van der Waals surface area (Å²) in [4.78, 5) is 17.0. The van der Waals surface area contributed by atoms with Crippen molar-refractivity contribution < 1.29 is 14.6 Å². The van der Waals surface area contributed by atoms with Gasteiger partial charge in [0.05, 0.1) is 0 Å². The van der Waals surface area contributed by atoms with Crippen molar-refractivity contribution in [1.82, 2.24) is 9.80 Å². The molecule has 2 aliphatic rings. The second kappa shape index (κ2) is 6.41. The minimum atomic E-state index is -1.10. The Kier molecular flexibility index (Phi) is 4.21. The molecule has 0 saturated carbocycles. The fourth-order valence-electron chi connectivity index (χ4n) is 3.82. The van der Waals surface area contributed by atoms with Gasteiger partial charge < -0.3 is 19.6 Å². The van der Waals surface area contributed by atoms with Crippen molar-refractivity contribution in [2.75, 3.05) is 33.2 Å². The highest BCUT2D eigenvalue weighted by Crippen LogP contribution is 2.48. The number of rotatable bonds is 2. The molecular formula is C21H24N2O3. The Hall–Kier alpha value is -2.37. The number of benzene rings is 2. The molecule has 0 aliphatic carbocycles. The molecule has 1 atom stereocenters. The quantitative estimate of drug-likeness (QED) is 0.903. The van der Waals surface area contributed by atoms with Crippen LogP contribution in [0, 0.1) is 0 Å². The van der Waals surface area contributed by atoms with E-state index in [9.17, 15) is 9.90 Å². The molecule has 1 fully saturated rings. The van der Waals surface area contributed by atoms with E-state index < -0.39 is 5.60 Å². The molecule has 1 saturated heterocycles. The largest absolute Gasteiger partial charge is 0.457 e. The van der Waals surface area contributed by atoms with Crippen LogP contribution in [0.2, 0.25) is 0 Å². The number of nitrogens with zero attached hydrogens (tertiary/aromatic N) is 2. The van der Waals surface area contributed by atoms with Gasteiger partial charge in [0.2, 0.25) is 0 Å². The van der Waals surface area contributed by atoms with Crippen molar-refractivity contribution in [3.63, 3.8) is 0 Å². The maximum absolute atomic E-state index is 12.9. The van der Waals surface area contributed by atoms with Gasteiger partial charge in [0.15, 0.2) is 0 Å². The Morgan fingerprint density at radius 2 is 1.77 bits per heavy atom. The summed E-state index contributed by atoms with van der Waals surface area (Å²) in [5, 5.41) is 11.3. The molecule has 1 unspecified atom stereocenters. The van der Waals surface area contributed by atoms with E-state index >= 15 is 0 Å². The summed E-state index contributed by atoms with van der Waals surface area (Å²) in [6.07, 6.45) is 0.534. The van der Waals surface area contributed by atoms with Gasteiger partial charge in [-0.2, -0.15) is 0 Å². The van der Waals surface area contributed by atoms with Crippen LogP contribution in [0.15, 0.2) is 42.5 Å². The molecule has 136 valence electrons. The van der Waals surface area contributed by atoms with E-state index in [2.05, 4.69) is 11.9 Å². The third kappa shape index (κ3) is 2.68. The lowest BCUT2D eigenvalue weighted by Crippen LogP contribution is -2.47. The van der Waals surface area contributed by atoms with E-state index in [1.165, 1.54) is 0 Å². The molecule has 0 bridgehead atoms. The standard InChI is InChI=1S/C21H24N2O3/c1-3-21(25)16-6-4-5-7-18(16)26-19-14-15(8-9-17(19)21)20(24)23-12-10-22(2)11-13-23/h4-9,14,25H,3,10-13H2,1-2H3. The first-order chi connectivity index (χ1) is 12.5. The lowest BCUT2D eigenvalue weighted by molar-refractivity contribution is 0.0636. The Morgan fingerprint density at radius 3 is 2.50 bits per heavy atom. The van der Waals surface area contributed by atoms with Crippen molar-refractivity contribution in [2.24, 2.45) is 0 Å². The Balaban J connectivity index is 1.69. The molecule has 5 heteroatoms. The monoisotopic (exact) mass is 352 g/mol. The summed E-state index contributed by atoms with van der Waals surface area (Å²) in [7, 11) is 2.07. The zero-order valence-corrected chi connectivity index (χ0v) is 15.2. The van der Waals surface area contributed by atoms with E-state index in [4.69, 9.17) is 4.74 Å². The zero-order chi connectivity index (χ0) is 18.3. The third-order valence-corrected chi connectivity index (χ3v) is 5.53. The highest BCUT2D eigenvalue weighted by molar-refractivity contribution is 5.95. The number of amides is 1. The molecule has 0 radical (unpaired) electrons. The average Bonchev–Trinajstić information content (AvgIpc) is 2.68. The molecular weight excluding hydrogens is 328 g/mol. The molecule has 1 amide bonds. The van der Waals surface area contributed by atoms with Crippen LogP contribution in [0.5, 0.6) is 11.5 Å². The van der Waals surface area contributed by atoms with Gasteiger partial charge in [-0.15, -0.1) is 0 Å². The maximum Gasteiger partial charge on any atom is 0.254 e. The Bertz CT molecular complexity index is 843. The third-order valence-electron chi connectivity index (χ3n) is 5.53. The smallest absolute Gasteiger partial charge is 0.254 e. The van der Waals surface area contributed by atoms with Gasteiger partial charge in [0.25, 0.3) is 5.91 Å². The second-order valence-corrected chi connectivity index (χ2v) is 7.12. The summed E-state index contributed by atoms with van der Waals surface area (Å²) < 4.78 is 6.03. The molecule has 0 aromatic heterocycles. The van der Waals surface area contributed by atoms with E-state index in [1.54, 1.807) is 12.1 Å². The molecule has 2 aliphatic heterocycles. The van der Waals surface area contributed by atoms with Crippen LogP contribution in [0.1, 0.15) is 34.8 Å². The van der Waals surface area contributed by atoms with Crippen molar-refractivity contribution in [3.8, 4) is 11.5 Å². The summed E-state index contributed by atoms with van der Waals surface area (Å²) >= 11 is 0. The summed E-state index contributed by atoms with van der Waals surface area (Å²) in [6, 6.07) is 12.9. The molecule has 4 rings (SSSR count). The summed E-state index contributed by atoms with van der Waals surface area (Å²) in [5.41, 5.74) is 0.993. The van der Waals surface area contributed by atoms with E-state index in [-0.39, 0.29) is 5.91 Å². The van der Waals surface area contributed by atoms with Crippen molar-refractivity contribution in [3.05, 3.63) is 59.2 Å². The van der Waals surface area contributed by atoms with Crippen LogP contribution < -0.4 is 4.74 Å². The number of ether oxygens (including phenoxy) is 1. The number of piperazine rings is 1. The van der Waals surface area contributed by atoms with Crippen molar-refractivity contribution in [2.45, 2.75) is 18.9 Å². The fourth-order valence-corrected chi connectivity index (χ4v) is 3.82. The van der Waals surface area contributed by atoms with Crippen molar-refractivity contribution in [1.29, 1.82) is 0 Å². The van der Waals surface area contributed by atoms with Gasteiger partial charge in [-0.1, -0.05) is 31.2 Å². The number of para-hydroxylation sites is 1. The number of carbonyl (C=O) groups excluding carboxylic acids is 1. The lowest BCUT2D eigenvalue weighted by atomic mass is 9.81. The highest BCUT2D eigenvalue weighted by atomic mass is 16.5. The maximum atomic E-state index is 12.9. The number of fused-ring (bicyclic) bond motifs is 2. The first-order valence-corrected chi connectivity index (χ1v) is 9.15. The lowest BCUT2D eigenvalue weighted by Gasteiger charge is -2.36. The molecule has 2 aromatic carbocycles. The average molecular weight is 352 g/mol. The second-order valence-electron chi connectivity index (χ2n) is 7.12. The minimum Gasteiger partial charge on any atom is -0.457 e. The molecule has 2 heterocycles. The summed E-state index contributed by atoms with van der Waals surface area (Å²) in [6.45, 7) is 5.19. The topological polar surface area (TPSA) is 53.0 Å². The van der Waals surface area contributed by atoms with Gasteiger partial charge in [-0.3, -0.25) is 4.79 Å². The molecule has 2 aromatic rings. The van der Waals surface area contributed by atoms with E-state index in [1.807, 2.05) is 42.2 Å². The molecule has 26 heavy (non-hydrogen) atoms. The van der Waals surface area contributed by atoms with Gasteiger partial charge in [0, 0.05) is 42.9 Å². The Morgan fingerprint density at radius 1 is 1.08 bits per heavy atom. The molecule has 1 N–H and O–H groups in total. The highest BCUT2D eigenvalue weighted by Gasteiger charge is 2.39. The van der Waals surface area contributed by atoms with Gasteiger partial charge >= 0.3 is 0 Å². The van der Waals surface area contributed by atoms with E-state index in [0.717, 1.165) is 31.7 Å². The Labute approximate surface area is 153 Å². The normalized spacial score (nSPS) is 22.3. The van der Waals surface area contributed by atoms with Crippen LogP contribution in [-0.2, 0) is 5.60 Å². The van der Waals surface area contributed by atoms with Crippen LogP contribution in [0.4, 0.5) is 0 Å². The first-order valence-electron chi connectivity index (χ1n) is 9.15. The summed E-state index contributed by atoms with van der Waals surface area (Å²) in [5.74, 6) is 1.23. The first kappa shape index (κ1) is 17.1. The van der Waals surface area contributed by atoms with Gasteiger partial charge in [-0.25, -0.2) is 0 Å². The molecule has 0 spiro atoms. The number of hydrogen-bond acceptors (Lipinski definition) is 4. The number of likely N-dealkylation sites (N-methyl/N-ethyl adjacent to an activating group) is 1. The minimum absolute atomic E-state index is 0.0170. The van der Waals surface area contributed by atoms with Crippen LogP contribution in [0.3, 0.4) is 0 Å². The number of hydrogen-bond donors (Lipinski definition) is 1.